The molecule has 4 heterocycles. The van der Waals surface area contributed by atoms with E-state index < -0.39 is 0 Å². The Morgan fingerprint density at radius 1 is 1.23 bits per heavy atom. The van der Waals surface area contributed by atoms with Gasteiger partial charge in [-0.1, -0.05) is 5.16 Å². The average Bonchev–Trinajstić information content (AvgIpc) is 2.99. The first-order valence-electron chi connectivity index (χ1n) is 8.73. The minimum Gasteiger partial charge on any atom is -0.438 e. The lowest BCUT2D eigenvalue weighted by atomic mass is 10.1. The van der Waals surface area contributed by atoms with E-state index in [1.54, 1.807) is 18.3 Å². The maximum absolute atomic E-state index is 12.7. The fraction of sp³-hybridized carbons (Fsp3) is 0.421. The number of aryl methyl sites for hydroxylation is 2. The first-order valence-corrected chi connectivity index (χ1v) is 8.73. The first kappa shape index (κ1) is 16.8. The molecule has 7 nitrogen and oxygen atoms in total. The van der Waals surface area contributed by atoms with Gasteiger partial charge in [0.25, 0.3) is 0 Å². The van der Waals surface area contributed by atoms with Crippen LogP contribution in [0.1, 0.15) is 24.3 Å². The Kier molecular flexibility index (Phi) is 4.24. The molecule has 0 radical (unpaired) electrons. The minimum atomic E-state index is -0.0874. The van der Waals surface area contributed by atoms with E-state index in [1.807, 2.05) is 25.8 Å². The zero-order valence-corrected chi connectivity index (χ0v) is 15.1. The van der Waals surface area contributed by atoms with Crippen LogP contribution in [0.2, 0.25) is 0 Å². The van der Waals surface area contributed by atoms with Gasteiger partial charge in [0.15, 0.2) is 16.9 Å². The zero-order valence-electron chi connectivity index (χ0n) is 15.1. The quantitative estimate of drug-likeness (QED) is 0.714. The first-order chi connectivity index (χ1) is 12.6. The van der Waals surface area contributed by atoms with Crippen molar-refractivity contribution in [2.75, 3.05) is 25.2 Å². The second-order valence-corrected chi connectivity index (χ2v) is 6.64. The van der Waals surface area contributed by atoms with Crippen LogP contribution in [-0.4, -0.2) is 36.4 Å². The Balaban J connectivity index is 1.88. The van der Waals surface area contributed by atoms with E-state index >= 15 is 0 Å². The molecule has 0 atom stereocenters. The molecule has 0 bridgehead atoms. The summed E-state index contributed by atoms with van der Waals surface area (Å²) in [6.07, 6.45) is 3.42. The zero-order chi connectivity index (χ0) is 18.3. The van der Waals surface area contributed by atoms with E-state index in [0.717, 1.165) is 31.6 Å². The largest absolute Gasteiger partial charge is 0.438 e. The van der Waals surface area contributed by atoms with Crippen molar-refractivity contribution in [1.82, 2.24) is 10.1 Å². The highest BCUT2D eigenvalue weighted by molar-refractivity contribution is 5.91. The van der Waals surface area contributed by atoms with Gasteiger partial charge in [-0.05, 0) is 32.8 Å². The lowest BCUT2D eigenvalue weighted by Gasteiger charge is -2.31. The van der Waals surface area contributed by atoms with Crippen LogP contribution in [0.25, 0.3) is 22.2 Å². The summed E-state index contributed by atoms with van der Waals surface area (Å²) in [6.45, 7) is 5.12. The van der Waals surface area contributed by atoms with Crippen LogP contribution >= 0.6 is 0 Å². The molecule has 0 aromatic carbocycles. The van der Waals surface area contributed by atoms with Crippen molar-refractivity contribution in [2.24, 2.45) is 0 Å². The van der Waals surface area contributed by atoms with Crippen LogP contribution in [0.3, 0.4) is 0 Å². The molecule has 1 saturated heterocycles. The maximum atomic E-state index is 12.7. The number of anilines is 1. The lowest BCUT2D eigenvalue weighted by Crippen LogP contribution is -2.37. The van der Waals surface area contributed by atoms with Crippen LogP contribution in [0.4, 0.5) is 5.88 Å². The van der Waals surface area contributed by atoms with E-state index in [-0.39, 0.29) is 11.5 Å². The third kappa shape index (κ3) is 2.78. The highest BCUT2D eigenvalue weighted by Crippen LogP contribution is 2.32. The SMILES string of the molecule is Cc1noc(C)c1-c1nccc2c(=O)cc(N(C)C3CCOCC3)oc12. The molecule has 0 saturated carbocycles. The molecule has 0 spiro atoms. The topological polar surface area (TPSA) is 81.6 Å². The third-order valence-electron chi connectivity index (χ3n) is 4.99. The molecule has 0 unspecified atom stereocenters. The molecule has 1 aliphatic rings. The fourth-order valence-corrected chi connectivity index (χ4v) is 3.49. The Bertz CT molecular complexity index is 982. The minimum absolute atomic E-state index is 0.0874. The van der Waals surface area contributed by atoms with Gasteiger partial charge in [-0.25, -0.2) is 0 Å². The summed E-state index contributed by atoms with van der Waals surface area (Å²) >= 11 is 0. The van der Waals surface area contributed by atoms with E-state index in [2.05, 4.69) is 10.1 Å². The summed E-state index contributed by atoms with van der Waals surface area (Å²) in [5.41, 5.74) is 2.44. The van der Waals surface area contributed by atoms with Gasteiger partial charge in [0.2, 0.25) is 0 Å². The second-order valence-electron chi connectivity index (χ2n) is 6.64. The van der Waals surface area contributed by atoms with Crippen molar-refractivity contribution in [1.29, 1.82) is 0 Å². The molecule has 0 N–H and O–H groups in total. The smallest absolute Gasteiger partial charge is 0.200 e. The number of pyridine rings is 1. The number of nitrogens with zero attached hydrogens (tertiary/aromatic N) is 3. The molecule has 7 heteroatoms. The molecule has 4 rings (SSSR count). The van der Waals surface area contributed by atoms with Crippen molar-refractivity contribution < 1.29 is 13.7 Å². The van der Waals surface area contributed by atoms with Crippen LogP contribution in [-0.2, 0) is 4.74 Å². The molecule has 0 amide bonds. The Labute approximate surface area is 150 Å². The van der Waals surface area contributed by atoms with E-state index in [0.29, 0.717) is 34.0 Å². The van der Waals surface area contributed by atoms with Gasteiger partial charge in [0, 0.05) is 38.6 Å². The number of hydrogen-bond donors (Lipinski definition) is 0. The molecular formula is C19H21N3O4. The molecule has 3 aromatic heterocycles. The predicted octanol–water partition coefficient (Wildman–Crippen LogP) is 3.08. The Morgan fingerprint density at radius 3 is 2.69 bits per heavy atom. The summed E-state index contributed by atoms with van der Waals surface area (Å²) in [5, 5.41) is 4.49. The number of rotatable bonds is 3. The van der Waals surface area contributed by atoms with Gasteiger partial charge < -0.3 is 18.6 Å². The molecule has 1 fully saturated rings. The molecular weight excluding hydrogens is 334 g/mol. The van der Waals surface area contributed by atoms with Crippen molar-refractivity contribution >= 4 is 16.9 Å². The second kappa shape index (κ2) is 6.57. The fourth-order valence-electron chi connectivity index (χ4n) is 3.49. The summed E-state index contributed by atoms with van der Waals surface area (Å²) in [5.74, 6) is 1.18. The summed E-state index contributed by atoms with van der Waals surface area (Å²) in [7, 11) is 1.95. The number of hydrogen-bond acceptors (Lipinski definition) is 7. The number of aromatic nitrogens is 2. The maximum Gasteiger partial charge on any atom is 0.200 e. The van der Waals surface area contributed by atoms with E-state index in [1.165, 1.54) is 0 Å². The average molecular weight is 355 g/mol. The van der Waals surface area contributed by atoms with Gasteiger partial charge in [0.1, 0.15) is 11.5 Å². The van der Waals surface area contributed by atoms with Crippen molar-refractivity contribution in [3.8, 4) is 11.3 Å². The van der Waals surface area contributed by atoms with E-state index in [9.17, 15) is 4.79 Å². The summed E-state index contributed by atoms with van der Waals surface area (Å²) < 4.78 is 16.9. The molecule has 26 heavy (non-hydrogen) atoms. The summed E-state index contributed by atoms with van der Waals surface area (Å²) in [4.78, 5) is 19.2. The lowest BCUT2D eigenvalue weighted by molar-refractivity contribution is 0.0848. The van der Waals surface area contributed by atoms with Gasteiger partial charge in [-0.3, -0.25) is 9.78 Å². The summed E-state index contributed by atoms with van der Waals surface area (Å²) in [6, 6.07) is 3.51. The molecule has 136 valence electrons. The van der Waals surface area contributed by atoms with Crippen molar-refractivity contribution in [3.05, 3.63) is 40.0 Å². The monoisotopic (exact) mass is 355 g/mol. The predicted molar refractivity (Wildman–Crippen MR) is 97.5 cm³/mol. The molecule has 1 aliphatic heterocycles. The van der Waals surface area contributed by atoms with Gasteiger partial charge in [-0.2, -0.15) is 0 Å². The third-order valence-corrected chi connectivity index (χ3v) is 4.99. The highest BCUT2D eigenvalue weighted by atomic mass is 16.5. The highest BCUT2D eigenvalue weighted by Gasteiger charge is 2.23. The standard InChI is InChI=1S/C19H21N3O4/c1-11-17(12(2)26-21-11)18-19-14(4-7-20-18)15(23)10-16(25-19)22(3)13-5-8-24-9-6-13/h4,7,10,13H,5-6,8-9H2,1-3H3. The number of fused-ring (bicyclic) bond motifs is 1. The molecule has 3 aromatic rings. The van der Waals surface area contributed by atoms with Gasteiger partial charge in [0.05, 0.1) is 16.6 Å². The van der Waals surface area contributed by atoms with Gasteiger partial charge in [-0.15, -0.1) is 0 Å². The van der Waals surface area contributed by atoms with Crippen molar-refractivity contribution in [3.63, 3.8) is 0 Å². The number of ether oxygens (including phenoxy) is 1. The molecule has 0 aliphatic carbocycles. The van der Waals surface area contributed by atoms with Crippen molar-refractivity contribution in [2.45, 2.75) is 32.7 Å². The van der Waals surface area contributed by atoms with Crippen LogP contribution in [0.5, 0.6) is 0 Å². The van der Waals surface area contributed by atoms with Crippen LogP contribution in [0, 0.1) is 13.8 Å². The van der Waals surface area contributed by atoms with E-state index in [4.69, 9.17) is 13.7 Å². The Hall–Kier alpha value is -2.67. The van der Waals surface area contributed by atoms with Gasteiger partial charge >= 0.3 is 0 Å². The van der Waals surface area contributed by atoms with Crippen LogP contribution in [0.15, 0.2) is 32.1 Å². The van der Waals surface area contributed by atoms with Crippen LogP contribution < -0.4 is 10.3 Å². The normalized spacial score (nSPS) is 15.5. The Morgan fingerprint density at radius 2 is 2.00 bits per heavy atom.